The Bertz CT molecular complexity index is 287. The molecular formula is C10H14O3S. The topological polar surface area (TPSA) is 38.7 Å². The minimum Gasteiger partial charge on any atom is -0.493 e. The standard InChI is InChI=1S/C10H14O3S/c1-12-9-4-7(6-14)3-8(5-11)10(9)13-2/h3-4,11,14H,5-6H2,1-2H3. The third-order valence-corrected chi connectivity index (χ3v) is 2.33. The van der Waals surface area contributed by atoms with E-state index < -0.39 is 0 Å². The SMILES string of the molecule is COc1cc(CS)cc(CO)c1OC. The Morgan fingerprint density at radius 2 is 2.00 bits per heavy atom. The summed E-state index contributed by atoms with van der Waals surface area (Å²) >= 11 is 4.17. The van der Waals surface area contributed by atoms with Crippen LogP contribution < -0.4 is 9.47 Å². The van der Waals surface area contributed by atoms with Crippen LogP contribution in [0.4, 0.5) is 0 Å². The van der Waals surface area contributed by atoms with Crippen molar-refractivity contribution in [2.75, 3.05) is 14.2 Å². The summed E-state index contributed by atoms with van der Waals surface area (Å²) in [4.78, 5) is 0. The molecule has 4 heteroatoms. The van der Waals surface area contributed by atoms with Crippen molar-refractivity contribution in [2.45, 2.75) is 12.4 Å². The summed E-state index contributed by atoms with van der Waals surface area (Å²) in [6.07, 6.45) is 0. The molecule has 1 aromatic carbocycles. The van der Waals surface area contributed by atoms with Crippen molar-refractivity contribution in [1.82, 2.24) is 0 Å². The average molecular weight is 214 g/mol. The first-order valence-corrected chi connectivity index (χ1v) is 4.85. The second kappa shape index (κ2) is 5.12. The summed E-state index contributed by atoms with van der Waals surface area (Å²) in [5.74, 6) is 1.82. The number of hydrogen-bond donors (Lipinski definition) is 2. The zero-order valence-electron chi connectivity index (χ0n) is 8.28. The fraction of sp³-hybridized carbons (Fsp3) is 0.400. The van der Waals surface area contributed by atoms with E-state index in [0.717, 1.165) is 11.1 Å². The van der Waals surface area contributed by atoms with Gasteiger partial charge >= 0.3 is 0 Å². The van der Waals surface area contributed by atoms with Crippen LogP contribution in [0.2, 0.25) is 0 Å². The maximum absolute atomic E-state index is 9.13. The number of hydrogen-bond acceptors (Lipinski definition) is 4. The van der Waals surface area contributed by atoms with E-state index in [1.807, 2.05) is 12.1 Å². The zero-order valence-corrected chi connectivity index (χ0v) is 9.17. The van der Waals surface area contributed by atoms with Crippen molar-refractivity contribution < 1.29 is 14.6 Å². The molecule has 0 fully saturated rings. The molecular weight excluding hydrogens is 200 g/mol. The van der Waals surface area contributed by atoms with Gasteiger partial charge < -0.3 is 14.6 Å². The average Bonchev–Trinajstić information content (AvgIpc) is 2.26. The number of thiol groups is 1. The molecule has 0 heterocycles. The van der Waals surface area contributed by atoms with Crippen molar-refractivity contribution in [2.24, 2.45) is 0 Å². The number of benzene rings is 1. The van der Waals surface area contributed by atoms with E-state index in [-0.39, 0.29) is 6.61 Å². The first-order chi connectivity index (χ1) is 6.76. The molecule has 1 N–H and O–H groups in total. The van der Waals surface area contributed by atoms with Crippen molar-refractivity contribution >= 4 is 12.6 Å². The highest BCUT2D eigenvalue weighted by molar-refractivity contribution is 7.79. The van der Waals surface area contributed by atoms with Gasteiger partial charge in [0.15, 0.2) is 11.5 Å². The van der Waals surface area contributed by atoms with Crippen molar-refractivity contribution in [3.8, 4) is 11.5 Å². The fourth-order valence-corrected chi connectivity index (χ4v) is 1.50. The molecule has 0 unspecified atom stereocenters. The summed E-state index contributed by atoms with van der Waals surface area (Å²) in [6, 6.07) is 3.71. The van der Waals surface area contributed by atoms with Gasteiger partial charge in [0.25, 0.3) is 0 Å². The number of aliphatic hydroxyl groups is 1. The maximum Gasteiger partial charge on any atom is 0.166 e. The number of ether oxygens (including phenoxy) is 2. The predicted molar refractivity (Wildman–Crippen MR) is 58.2 cm³/mol. The molecule has 78 valence electrons. The summed E-state index contributed by atoms with van der Waals surface area (Å²) < 4.78 is 10.3. The van der Waals surface area contributed by atoms with E-state index in [9.17, 15) is 0 Å². The van der Waals surface area contributed by atoms with E-state index in [2.05, 4.69) is 12.6 Å². The second-order valence-corrected chi connectivity index (χ2v) is 3.12. The van der Waals surface area contributed by atoms with Crippen molar-refractivity contribution in [1.29, 1.82) is 0 Å². The van der Waals surface area contributed by atoms with E-state index in [0.29, 0.717) is 17.3 Å². The van der Waals surface area contributed by atoms with Crippen LogP contribution >= 0.6 is 12.6 Å². The van der Waals surface area contributed by atoms with Crippen molar-refractivity contribution in [3.63, 3.8) is 0 Å². The molecule has 1 aromatic rings. The Kier molecular flexibility index (Phi) is 4.10. The lowest BCUT2D eigenvalue weighted by molar-refractivity contribution is 0.269. The highest BCUT2D eigenvalue weighted by Crippen LogP contribution is 2.32. The third-order valence-electron chi connectivity index (χ3n) is 1.97. The second-order valence-electron chi connectivity index (χ2n) is 2.81. The van der Waals surface area contributed by atoms with Gasteiger partial charge in [-0.05, 0) is 17.7 Å². The minimum absolute atomic E-state index is 0.0683. The first-order valence-electron chi connectivity index (χ1n) is 4.22. The van der Waals surface area contributed by atoms with Crippen LogP contribution in [0, 0.1) is 0 Å². The van der Waals surface area contributed by atoms with Gasteiger partial charge in [-0.2, -0.15) is 12.6 Å². The van der Waals surface area contributed by atoms with E-state index >= 15 is 0 Å². The zero-order chi connectivity index (χ0) is 10.6. The molecule has 0 atom stereocenters. The molecule has 0 spiro atoms. The van der Waals surface area contributed by atoms with E-state index in [1.165, 1.54) is 0 Å². The van der Waals surface area contributed by atoms with Crippen LogP contribution in [0.5, 0.6) is 11.5 Å². The highest BCUT2D eigenvalue weighted by atomic mass is 32.1. The molecule has 0 aliphatic rings. The molecule has 0 radical (unpaired) electrons. The van der Waals surface area contributed by atoms with Crippen LogP contribution in [0.1, 0.15) is 11.1 Å². The fourth-order valence-electron chi connectivity index (χ4n) is 1.32. The van der Waals surface area contributed by atoms with Gasteiger partial charge in [0.05, 0.1) is 20.8 Å². The Labute approximate surface area is 89.1 Å². The summed E-state index contributed by atoms with van der Waals surface area (Å²) in [7, 11) is 3.12. The summed E-state index contributed by atoms with van der Waals surface area (Å²) in [6.45, 7) is -0.0683. The van der Waals surface area contributed by atoms with Gasteiger partial charge in [-0.3, -0.25) is 0 Å². The number of methoxy groups -OCH3 is 2. The van der Waals surface area contributed by atoms with Crippen LogP contribution in [0.3, 0.4) is 0 Å². The molecule has 1 rings (SSSR count). The Hall–Kier alpha value is -0.870. The smallest absolute Gasteiger partial charge is 0.166 e. The molecule has 0 aliphatic carbocycles. The summed E-state index contributed by atoms with van der Waals surface area (Å²) in [5, 5.41) is 9.13. The molecule has 14 heavy (non-hydrogen) atoms. The minimum atomic E-state index is -0.0683. The monoisotopic (exact) mass is 214 g/mol. The molecule has 0 aromatic heterocycles. The number of aliphatic hydroxyl groups excluding tert-OH is 1. The quantitative estimate of drug-likeness (QED) is 0.748. The summed E-state index contributed by atoms with van der Waals surface area (Å²) in [5.41, 5.74) is 1.71. The van der Waals surface area contributed by atoms with Crippen molar-refractivity contribution in [3.05, 3.63) is 23.3 Å². The van der Waals surface area contributed by atoms with Gasteiger partial charge in [-0.1, -0.05) is 0 Å². The lowest BCUT2D eigenvalue weighted by Crippen LogP contribution is -1.97. The van der Waals surface area contributed by atoms with Crippen LogP contribution in [-0.4, -0.2) is 19.3 Å². The third kappa shape index (κ3) is 2.13. The first kappa shape index (κ1) is 11.2. The largest absolute Gasteiger partial charge is 0.493 e. The molecule has 0 saturated carbocycles. The number of rotatable bonds is 4. The van der Waals surface area contributed by atoms with Gasteiger partial charge in [0, 0.05) is 11.3 Å². The van der Waals surface area contributed by atoms with E-state index in [4.69, 9.17) is 14.6 Å². The van der Waals surface area contributed by atoms with Gasteiger partial charge in [0.1, 0.15) is 0 Å². The molecule has 0 saturated heterocycles. The molecule has 0 aliphatic heterocycles. The van der Waals surface area contributed by atoms with Gasteiger partial charge in [-0.25, -0.2) is 0 Å². The molecule has 0 bridgehead atoms. The Balaban J connectivity index is 3.24. The van der Waals surface area contributed by atoms with E-state index in [1.54, 1.807) is 14.2 Å². The normalized spacial score (nSPS) is 10.0. The van der Waals surface area contributed by atoms with Crippen LogP contribution in [0.25, 0.3) is 0 Å². The van der Waals surface area contributed by atoms with Gasteiger partial charge in [0.2, 0.25) is 0 Å². The highest BCUT2D eigenvalue weighted by Gasteiger charge is 2.10. The Morgan fingerprint density at radius 3 is 2.43 bits per heavy atom. The lowest BCUT2D eigenvalue weighted by Gasteiger charge is -2.12. The predicted octanol–water partition coefficient (Wildman–Crippen LogP) is 1.63. The molecule has 3 nitrogen and oxygen atoms in total. The maximum atomic E-state index is 9.13. The van der Waals surface area contributed by atoms with Crippen LogP contribution in [-0.2, 0) is 12.4 Å². The molecule has 0 amide bonds. The lowest BCUT2D eigenvalue weighted by atomic mass is 10.1. The Morgan fingerprint density at radius 1 is 1.29 bits per heavy atom. The van der Waals surface area contributed by atoms with Crippen LogP contribution in [0.15, 0.2) is 12.1 Å². The van der Waals surface area contributed by atoms with Gasteiger partial charge in [-0.15, -0.1) is 0 Å².